The Morgan fingerprint density at radius 2 is 2.08 bits per heavy atom. The molecule has 2 aromatic rings. The van der Waals surface area contributed by atoms with Crippen LogP contribution < -0.4 is 0 Å². The average molecular weight is 213 g/mol. The molecule has 0 spiro atoms. The van der Waals surface area contributed by atoms with Crippen LogP contribution in [0.25, 0.3) is 11.4 Å². The van der Waals surface area contributed by atoms with Crippen LogP contribution in [0.5, 0.6) is 0 Å². The van der Waals surface area contributed by atoms with Gasteiger partial charge in [-0.05, 0) is 18.2 Å². The monoisotopic (exact) mass is 212 g/mol. The lowest BCUT2D eigenvalue weighted by molar-refractivity contribution is 1.31. The van der Waals surface area contributed by atoms with Crippen molar-refractivity contribution in [3.63, 3.8) is 0 Å². The second-order valence-electron chi connectivity index (χ2n) is 2.56. The van der Waals surface area contributed by atoms with Gasteiger partial charge in [0.15, 0.2) is 0 Å². The van der Waals surface area contributed by atoms with Crippen molar-refractivity contribution in [3.8, 4) is 11.4 Å². The Balaban J connectivity index is 2.53. The quantitative estimate of drug-likeness (QED) is 0.772. The molecule has 66 valence electrons. The zero-order chi connectivity index (χ0) is 9.26. The third-order valence-electron chi connectivity index (χ3n) is 1.68. The summed E-state index contributed by atoms with van der Waals surface area (Å²) < 4.78 is 0. The van der Waals surface area contributed by atoms with Crippen LogP contribution in [-0.4, -0.2) is 9.97 Å². The van der Waals surface area contributed by atoms with E-state index in [-0.39, 0.29) is 0 Å². The Kier molecular flexibility index (Phi) is 2.25. The highest BCUT2D eigenvalue weighted by Gasteiger charge is 2.04. The van der Waals surface area contributed by atoms with Gasteiger partial charge in [-0.15, -0.1) is 0 Å². The molecule has 0 saturated carbocycles. The molecule has 0 unspecified atom stereocenters. The zero-order valence-electron chi connectivity index (χ0n) is 6.59. The van der Waals surface area contributed by atoms with Gasteiger partial charge in [0.05, 0.1) is 5.02 Å². The van der Waals surface area contributed by atoms with E-state index in [9.17, 15) is 0 Å². The Morgan fingerprint density at radius 3 is 2.69 bits per heavy atom. The lowest BCUT2D eigenvalue weighted by Crippen LogP contribution is -1.81. The number of benzene rings is 1. The number of nitrogens with one attached hydrogen (secondary N) is 1. The highest BCUT2D eigenvalue weighted by atomic mass is 35.5. The van der Waals surface area contributed by atoms with Crippen LogP contribution in [0, 0.1) is 0 Å². The van der Waals surface area contributed by atoms with Gasteiger partial charge in [0.2, 0.25) is 0 Å². The Labute approximate surface area is 85.5 Å². The summed E-state index contributed by atoms with van der Waals surface area (Å²) in [6.07, 6.45) is 3.43. The number of halogens is 2. The van der Waals surface area contributed by atoms with Crippen molar-refractivity contribution < 1.29 is 0 Å². The lowest BCUT2D eigenvalue weighted by atomic mass is 10.2. The number of aromatic amines is 1. The first kappa shape index (κ1) is 8.60. The molecular formula is C9H6Cl2N2. The molecule has 0 saturated heterocycles. The third-order valence-corrected chi connectivity index (χ3v) is 2.23. The summed E-state index contributed by atoms with van der Waals surface area (Å²) in [7, 11) is 0. The van der Waals surface area contributed by atoms with Crippen LogP contribution in [0.2, 0.25) is 10.0 Å². The predicted octanol–water partition coefficient (Wildman–Crippen LogP) is 3.38. The van der Waals surface area contributed by atoms with Gasteiger partial charge in [-0.3, -0.25) is 0 Å². The van der Waals surface area contributed by atoms with Gasteiger partial charge in [-0.25, -0.2) is 4.98 Å². The normalized spacial score (nSPS) is 10.3. The molecule has 0 aliphatic heterocycles. The first-order valence-corrected chi connectivity index (χ1v) is 4.48. The molecule has 0 fully saturated rings. The number of imidazole rings is 1. The summed E-state index contributed by atoms with van der Waals surface area (Å²) in [6.45, 7) is 0. The maximum Gasteiger partial charge on any atom is 0.138 e. The summed E-state index contributed by atoms with van der Waals surface area (Å²) in [5, 5.41) is 1.22. The van der Waals surface area contributed by atoms with E-state index < -0.39 is 0 Å². The summed E-state index contributed by atoms with van der Waals surface area (Å²) in [6, 6.07) is 5.32. The van der Waals surface area contributed by atoms with Crippen molar-refractivity contribution in [1.82, 2.24) is 9.97 Å². The van der Waals surface area contributed by atoms with Crippen molar-refractivity contribution >= 4 is 23.2 Å². The van der Waals surface area contributed by atoms with Crippen LogP contribution >= 0.6 is 23.2 Å². The van der Waals surface area contributed by atoms with Gasteiger partial charge >= 0.3 is 0 Å². The fourth-order valence-electron chi connectivity index (χ4n) is 1.09. The van der Waals surface area contributed by atoms with Crippen molar-refractivity contribution in [2.24, 2.45) is 0 Å². The molecule has 1 N–H and O–H groups in total. The molecule has 4 heteroatoms. The van der Waals surface area contributed by atoms with E-state index in [0.29, 0.717) is 10.0 Å². The second kappa shape index (κ2) is 3.40. The maximum atomic E-state index is 5.98. The minimum atomic E-state index is 0.599. The predicted molar refractivity (Wildman–Crippen MR) is 54.0 cm³/mol. The van der Waals surface area contributed by atoms with Crippen LogP contribution in [0.4, 0.5) is 0 Å². The van der Waals surface area contributed by atoms with Crippen LogP contribution in [0.1, 0.15) is 0 Å². The standard InChI is InChI=1S/C9H6Cl2N2/c10-6-1-2-7(8(11)5-6)9-12-3-4-13-9/h1-5H,(H,12,13). The summed E-state index contributed by atoms with van der Waals surface area (Å²) in [4.78, 5) is 7.07. The fraction of sp³-hybridized carbons (Fsp3) is 0. The minimum Gasteiger partial charge on any atom is -0.345 e. The van der Waals surface area contributed by atoms with Crippen molar-refractivity contribution in [2.45, 2.75) is 0 Å². The summed E-state index contributed by atoms with van der Waals surface area (Å²) in [5.41, 5.74) is 0.857. The van der Waals surface area contributed by atoms with Crippen LogP contribution in [0.3, 0.4) is 0 Å². The molecule has 1 aromatic heterocycles. The van der Waals surface area contributed by atoms with Gasteiger partial charge in [0.1, 0.15) is 5.82 Å². The van der Waals surface area contributed by atoms with E-state index >= 15 is 0 Å². The average Bonchev–Trinajstić information content (AvgIpc) is 2.56. The number of nitrogens with zero attached hydrogens (tertiary/aromatic N) is 1. The van der Waals surface area contributed by atoms with Crippen LogP contribution in [0.15, 0.2) is 30.6 Å². The molecule has 0 radical (unpaired) electrons. The van der Waals surface area contributed by atoms with E-state index in [1.807, 2.05) is 6.07 Å². The maximum absolute atomic E-state index is 5.98. The van der Waals surface area contributed by atoms with Crippen molar-refractivity contribution in [3.05, 3.63) is 40.6 Å². The smallest absolute Gasteiger partial charge is 0.138 e. The molecule has 0 amide bonds. The lowest BCUT2D eigenvalue weighted by Gasteiger charge is -2.00. The molecule has 0 aliphatic carbocycles. The second-order valence-corrected chi connectivity index (χ2v) is 3.41. The minimum absolute atomic E-state index is 0.599. The molecular weight excluding hydrogens is 207 g/mol. The molecule has 2 rings (SSSR count). The third kappa shape index (κ3) is 1.69. The van der Waals surface area contributed by atoms with Crippen LogP contribution in [-0.2, 0) is 0 Å². The Hall–Kier alpha value is -0.990. The van der Waals surface area contributed by atoms with E-state index in [0.717, 1.165) is 11.4 Å². The molecule has 0 atom stereocenters. The number of hydrogen-bond donors (Lipinski definition) is 1. The first-order chi connectivity index (χ1) is 6.27. The van der Waals surface area contributed by atoms with Gasteiger partial charge in [0.25, 0.3) is 0 Å². The van der Waals surface area contributed by atoms with Crippen molar-refractivity contribution in [1.29, 1.82) is 0 Å². The number of H-pyrrole nitrogens is 1. The first-order valence-electron chi connectivity index (χ1n) is 3.72. The topological polar surface area (TPSA) is 28.7 Å². The zero-order valence-corrected chi connectivity index (χ0v) is 8.10. The molecule has 13 heavy (non-hydrogen) atoms. The number of rotatable bonds is 1. The van der Waals surface area contributed by atoms with Gasteiger partial charge in [0, 0.05) is 23.0 Å². The van der Waals surface area contributed by atoms with E-state index in [4.69, 9.17) is 23.2 Å². The molecule has 1 aromatic carbocycles. The highest BCUT2D eigenvalue weighted by molar-refractivity contribution is 6.36. The Bertz CT molecular complexity index is 410. The summed E-state index contributed by atoms with van der Waals surface area (Å²) >= 11 is 11.7. The van der Waals surface area contributed by atoms with E-state index in [2.05, 4.69) is 9.97 Å². The largest absolute Gasteiger partial charge is 0.345 e. The molecule has 1 heterocycles. The molecule has 0 aliphatic rings. The molecule has 0 bridgehead atoms. The molecule has 2 nitrogen and oxygen atoms in total. The van der Waals surface area contributed by atoms with Crippen molar-refractivity contribution in [2.75, 3.05) is 0 Å². The van der Waals surface area contributed by atoms with Gasteiger partial charge in [-0.1, -0.05) is 23.2 Å². The van der Waals surface area contributed by atoms with Gasteiger partial charge in [-0.2, -0.15) is 0 Å². The van der Waals surface area contributed by atoms with E-state index in [1.54, 1.807) is 24.5 Å². The SMILES string of the molecule is Clc1ccc(-c2ncc[nH]2)c(Cl)c1. The Morgan fingerprint density at radius 1 is 1.23 bits per heavy atom. The number of hydrogen-bond acceptors (Lipinski definition) is 1. The van der Waals surface area contributed by atoms with Gasteiger partial charge < -0.3 is 4.98 Å². The summed E-state index contributed by atoms with van der Waals surface area (Å²) in [5.74, 6) is 0.752. The highest BCUT2D eigenvalue weighted by Crippen LogP contribution is 2.27. The van der Waals surface area contributed by atoms with E-state index in [1.165, 1.54) is 0 Å². The number of aromatic nitrogens is 2. The fourth-order valence-corrected chi connectivity index (χ4v) is 1.59.